The molecule has 6 nitrogen and oxygen atoms in total. The van der Waals surface area contributed by atoms with E-state index < -0.39 is 0 Å². The Morgan fingerprint density at radius 2 is 2.11 bits per heavy atom. The average molecular weight is 261 g/mol. The fraction of sp³-hybridized carbons (Fsp3) is 0.462. The van der Waals surface area contributed by atoms with Crippen LogP contribution in [0.2, 0.25) is 0 Å². The number of benzene rings is 1. The second-order valence-electron chi connectivity index (χ2n) is 5.00. The summed E-state index contributed by atoms with van der Waals surface area (Å²) in [7, 11) is 1.61. The monoisotopic (exact) mass is 261 g/mol. The Hall–Kier alpha value is -2.11. The number of tetrazole rings is 1. The molecule has 2 aromatic rings. The summed E-state index contributed by atoms with van der Waals surface area (Å²) in [5.41, 5.74) is 7.20. The van der Waals surface area contributed by atoms with Gasteiger partial charge in [0.15, 0.2) is 5.82 Å². The van der Waals surface area contributed by atoms with E-state index in [1.165, 1.54) is 0 Å². The molecule has 0 aliphatic rings. The van der Waals surface area contributed by atoms with Crippen molar-refractivity contribution in [3.63, 3.8) is 0 Å². The van der Waals surface area contributed by atoms with Crippen LogP contribution in [0.3, 0.4) is 0 Å². The molecule has 1 aromatic heterocycles. The van der Waals surface area contributed by atoms with Crippen LogP contribution in [0.1, 0.15) is 27.2 Å². The third kappa shape index (κ3) is 2.25. The summed E-state index contributed by atoms with van der Waals surface area (Å²) >= 11 is 0. The van der Waals surface area contributed by atoms with Gasteiger partial charge in [0.2, 0.25) is 0 Å². The van der Waals surface area contributed by atoms with Gasteiger partial charge in [0.25, 0.3) is 0 Å². The van der Waals surface area contributed by atoms with Gasteiger partial charge in [-0.1, -0.05) is 13.0 Å². The first kappa shape index (κ1) is 13.3. The highest BCUT2D eigenvalue weighted by Crippen LogP contribution is 2.35. The van der Waals surface area contributed by atoms with Crippen LogP contribution >= 0.6 is 0 Å². The Labute approximate surface area is 112 Å². The quantitative estimate of drug-likeness (QED) is 0.852. The van der Waals surface area contributed by atoms with Crippen LogP contribution in [0.5, 0.6) is 5.75 Å². The SMILES string of the molecule is CCC(C)(C)n1nnnc1-c1c(N)cccc1OC. The number of hydrogen-bond acceptors (Lipinski definition) is 5. The summed E-state index contributed by atoms with van der Waals surface area (Å²) in [5.74, 6) is 1.30. The van der Waals surface area contributed by atoms with E-state index >= 15 is 0 Å². The summed E-state index contributed by atoms with van der Waals surface area (Å²) in [6.07, 6.45) is 0.903. The number of aromatic nitrogens is 4. The van der Waals surface area contributed by atoms with Crippen LogP contribution in [0.15, 0.2) is 18.2 Å². The fourth-order valence-corrected chi connectivity index (χ4v) is 1.86. The average Bonchev–Trinajstić information content (AvgIpc) is 2.88. The molecule has 1 heterocycles. The molecule has 0 spiro atoms. The van der Waals surface area contributed by atoms with Gasteiger partial charge < -0.3 is 10.5 Å². The predicted molar refractivity (Wildman–Crippen MR) is 73.8 cm³/mol. The van der Waals surface area contributed by atoms with Crippen LogP contribution in [0, 0.1) is 0 Å². The summed E-state index contributed by atoms with van der Waals surface area (Å²) in [5, 5.41) is 12.0. The third-order valence-electron chi connectivity index (χ3n) is 3.41. The van der Waals surface area contributed by atoms with Gasteiger partial charge in [-0.2, -0.15) is 0 Å². The van der Waals surface area contributed by atoms with E-state index in [9.17, 15) is 0 Å². The van der Waals surface area contributed by atoms with E-state index in [0.29, 0.717) is 17.3 Å². The zero-order chi connectivity index (χ0) is 14.0. The highest BCUT2D eigenvalue weighted by molar-refractivity contribution is 5.77. The molecule has 19 heavy (non-hydrogen) atoms. The van der Waals surface area contributed by atoms with Gasteiger partial charge in [0, 0.05) is 5.69 Å². The normalized spacial score (nSPS) is 11.6. The van der Waals surface area contributed by atoms with Gasteiger partial charge in [0.05, 0.1) is 18.2 Å². The Morgan fingerprint density at radius 3 is 2.74 bits per heavy atom. The lowest BCUT2D eigenvalue weighted by Gasteiger charge is -2.24. The smallest absolute Gasteiger partial charge is 0.188 e. The molecule has 6 heteroatoms. The van der Waals surface area contributed by atoms with Gasteiger partial charge in [-0.15, -0.1) is 5.10 Å². The van der Waals surface area contributed by atoms with Gasteiger partial charge >= 0.3 is 0 Å². The highest BCUT2D eigenvalue weighted by Gasteiger charge is 2.26. The molecule has 0 radical (unpaired) electrons. The molecule has 0 amide bonds. The minimum absolute atomic E-state index is 0.188. The summed E-state index contributed by atoms with van der Waals surface area (Å²) in [6, 6.07) is 5.51. The molecule has 0 saturated heterocycles. The number of nitrogen functional groups attached to an aromatic ring is 1. The molecule has 0 aliphatic carbocycles. The van der Waals surface area contributed by atoms with Crippen molar-refractivity contribution in [3.8, 4) is 17.1 Å². The molecule has 0 unspecified atom stereocenters. The third-order valence-corrected chi connectivity index (χ3v) is 3.41. The molecule has 0 aliphatic heterocycles. The second-order valence-corrected chi connectivity index (χ2v) is 5.00. The lowest BCUT2D eigenvalue weighted by molar-refractivity contribution is 0.304. The number of anilines is 1. The standard InChI is InChI=1S/C13H19N5O/c1-5-13(2,3)18-12(15-16-17-18)11-9(14)7-6-8-10(11)19-4/h6-8H,5,14H2,1-4H3. The first-order valence-corrected chi connectivity index (χ1v) is 6.23. The van der Waals surface area contributed by atoms with E-state index in [1.807, 2.05) is 18.2 Å². The molecule has 0 atom stereocenters. The first-order chi connectivity index (χ1) is 9.01. The van der Waals surface area contributed by atoms with Crippen molar-refractivity contribution in [2.45, 2.75) is 32.7 Å². The molecular weight excluding hydrogens is 242 g/mol. The number of nitrogens with two attached hydrogens (primary N) is 1. The van der Waals surface area contributed by atoms with Gasteiger partial charge in [-0.25, -0.2) is 4.68 Å². The van der Waals surface area contributed by atoms with E-state index in [0.717, 1.165) is 12.0 Å². The van der Waals surface area contributed by atoms with Crippen molar-refractivity contribution in [1.82, 2.24) is 20.2 Å². The molecule has 2 rings (SSSR count). The van der Waals surface area contributed by atoms with Crippen LogP contribution in [-0.4, -0.2) is 27.3 Å². The van der Waals surface area contributed by atoms with Gasteiger partial charge in [-0.05, 0) is 42.8 Å². The zero-order valence-electron chi connectivity index (χ0n) is 11.7. The van der Waals surface area contributed by atoms with Crippen LogP contribution in [0.4, 0.5) is 5.69 Å². The van der Waals surface area contributed by atoms with E-state index in [-0.39, 0.29) is 5.54 Å². The second kappa shape index (κ2) is 4.87. The number of hydrogen-bond donors (Lipinski definition) is 1. The molecule has 0 bridgehead atoms. The van der Waals surface area contributed by atoms with Crippen molar-refractivity contribution in [3.05, 3.63) is 18.2 Å². The maximum Gasteiger partial charge on any atom is 0.188 e. The minimum Gasteiger partial charge on any atom is -0.496 e. The van der Waals surface area contributed by atoms with Crippen molar-refractivity contribution in [2.75, 3.05) is 12.8 Å². The Balaban J connectivity index is 2.65. The van der Waals surface area contributed by atoms with Crippen molar-refractivity contribution in [1.29, 1.82) is 0 Å². The maximum atomic E-state index is 6.05. The number of rotatable bonds is 4. The largest absolute Gasteiger partial charge is 0.496 e. The van der Waals surface area contributed by atoms with Crippen molar-refractivity contribution in [2.24, 2.45) is 0 Å². The van der Waals surface area contributed by atoms with Crippen LogP contribution < -0.4 is 10.5 Å². The first-order valence-electron chi connectivity index (χ1n) is 6.23. The summed E-state index contributed by atoms with van der Waals surface area (Å²) in [6.45, 7) is 6.26. The fourth-order valence-electron chi connectivity index (χ4n) is 1.86. The van der Waals surface area contributed by atoms with E-state index in [4.69, 9.17) is 10.5 Å². The molecule has 2 N–H and O–H groups in total. The Bertz CT molecular complexity index is 576. The van der Waals surface area contributed by atoms with E-state index in [2.05, 4.69) is 36.3 Å². The van der Waals surface area contributed by atoms with Crippen LogP contribution in [-0.2, 0) is 5.54 Å². The van der Waals surface area contributed by atoms with Crippen molar-refractivity contribution < 1.29 is 4.74 Å². The number of ether oxygens (including phenoxy) is 1. The number of nitrogens with zero attached hydrogens (tertiary/aromatic N) is 4. The summed E-state index contributed by atoms with van der Waals surface area (Å²) < 4.78 is 7.16. The minimum atomic E-state index is -0.188. The Morgan fingerprint density at radius 1 is 1.37 bits per heavy atom. The predicted octanol–water partition coefficient (Wildman–Crippen LogP) is 2.08. The Kier molecular flexibility index (Phi) is 3.42. The molecule has 0 fully saturated rings. The van der Waals surface area contributed by atoms with Gasteiger partial charge in [0.1, 0.15) is 5.75 Å². The lowest BCUT2D eigenvalue weighted by Crippen LogP contribution is -2.27. The topological polar surface area (TPSA) is 78.9 Å². The van der Waals surface area contributed by atoms with Crippen molar-refractivity contribution >= 4 is 5.69 Å². The zero-order valence-corrected chi connectivity index (χ0v) is 11.7. The maximum absolute atomic E-state index is 6.05. The van der Waals surface area contributed by atoms with E-state index in [1.54, 1.807) is 11.8 Å². The summed E-state index contributed by atoms with van der Waals surface area (Å²) in [4.78, 5) is 0. The molecule has 1 aromatic carbocycles. The molecule has 0 saturated carbocycles. The molecule has 102 valence electrons. The lowest BCUT2D eigenvalue weighted by atomic mass is 10.0. The highest BCUT2D eigenvalue weighted by atomic mass is 16.5. The number of methoxy groups -OCH3 is 1. The molecular formula is C13H19N5O. The van der Waals surface area contributed by atoms with Gasteiger partial charge in [-0.3, -0.25) is 0 Å². The van der Waals surface area contributed by atoms with Crippen LogP contribution in [0.25, 0.3) is 11.4 Å².